The Kier molecular flexibility index (Phi) is 7.26. The van der Waals surface area contributed by atoms with Gasteiger partial charge in [-0.1, -0.05) is 29.3 Å². The number of carbonyl (C=O) groups is 2. The van der Waals surface area contributed by atoms with Crippen molar-refractivity contribution >= 4 is 44.9 Å². The molecule has 9 heteroatoms. The Balaban J connectivity index is 2.29. The molecule has 0 radical (unpaired) electrons. The molecule has 0 saturated heterocycles. The van der Waals surface area contributed by atoms with E-state index >= 15 is 0 Å². The van der Waals surface area contributed by atoms with Crippen LogP contribution in [0.2, 0.25) is 5.02 Å². The molecule has 0 heterocycles. The summed E-state index contributed by atoms with van der Waals surface area (Å²) in [5.41, 5.74) is 1.75. The zero-order chi connectivity index (χ0) is 21.8. The normalized spacial score (nSPS) is 12.2. The lowest BCUT2D eigenvalue weighted by Crippen LogP contribution is -2.45. The van der Waals surface area contributed by atoms with Crippen molar-refractivity contribution in [1.82, 2.24) is 0 Å². The molecule has 2 aromatic rings. The Morgan fingerprint density at radius 3 is 2.34 bits per heavy atom. The largest absolute Gasteiger partial charge is 0.462 e. The van der Waals surface area contributed by atoms with Gasteiger partial charge in [0.05, 0.1) is 29.1 Å². The first-order chi connectivity index (χ1) is 13.5. The van der Waals surface area contributed by atoms with E-state index in [1.165, 1.54) is 25.1 Å². The average molecular weight is 439 g/mol. The van der Waals surface area contributed by atoms with E-state index < -0.39 is 27.9 Å². The number of nitrogens with zero attached hydrogens (tertiary/aromatic N) is 1. The summed E-state index contributed by atoms with van der Waals surface area (Å²) in [4.78, 5) is 24.7. The third-order valence-electron chi connectivity index (χ3n) is 4.11. The van der Waals surface area contributed by atoms with Gasteiger partial charge in [0.1, 0.15) is 6.04 Å². The molecular formula is C20H23ClN2O5S. The number of amides is 1. The summed E-state index contributed by atoms with van der Waals surface area (Å²) in [5, 5.41) is 2.82. The van der Waals surface area contributed by atoms with Crippen molar-refractivity contribution in [1.29, 1.82) is 0 Å². The molecule has 0 bridgehead atoms. The molecule has 0 unspecified atom stereocenters. The van der Waals surface area contributed by atoms with Crippen LogP contribution in [0.1, 0.15) is 29.8 Å². The smallest absolute Gasteiger partial charge is 0.339 e. The molecule has 0 aliphatic heterocycles. The predicted octanol–water partition coefficient (Wildman–Crippen LogP) is 3.62. The molecule has 156 valence electrons. The Hall–Kier alpha value is -2.58. The summed E-state index contributed by atoms with van der Waals surface area (Å²) in [6, 6.07) is 10.2. The van der Waals surface area contributed by atoms with E-state index in [0.717, 1.165) is 16.1 Å². The first-order valence-electron chi connectivity index (χ1n) is 8.88. The van der Waals surface area contributed by atoms with Gasteiger partial charge in [0, 0.05) is 5.69 Å². The molecule has 2 rings (SSSR count). The molecule has 1 atom stereocenters. The maximum Gasteiger partial charge on any atom is 0.339 e. The number of aryl methyl sites for hydroxylation is 1. The maximum atomic E-state index is 12.8. The molecule has 0 spiro atoms. The quantitative estimate of drug-likeness (QED) is 0.666. The van der Waals surface area contributed by atoms with Gasteiger partial charge in [-0.15, -0.1) is 0 Å². The van der Waals surface area contributed by atoms with Crippen LogP contribution in [0.4, 0.5) is 11.4 Å². The Labute approximate surface area is 175 Å². The Morgan fingerprint density at radius 1 is 1.17 bits per heavy atom. The van der Waals surface area contributed by atoms with Crippen molar-refractivity contribution in [3.8, 4) is 0 Å². The lowest BCUT2D eigenvalue weighted by atomic mass is 10.2. The number of rotatable bonds is 7. The van der Waals surface area contributed by atoms with E-state index in [1.54, 1.807) is 31.2 Å². The van der Waals surface area contributed by atoms with Crippen LogP contribution in [0.5, 0.6) is 0 Å². The number of benzene rings is 2. The Bertz CT molecular complexity index is 1010. The lowest BCUT2D eigenvalue weighted by Gasteiger charge is -2.28. The van der Waals surface area contributed by atoms with Gasteiger partial charge in [0.2, 0.25) is 15.9 Å². The van der Waals surface area contributed by atoms with Crippen molar-refractivity contribution < 1.29 is 22.7 Å². The van der Waals surface area contributed by atoms with Crippen molar-refractivity contribution in [3.05, 3.63) is 58.6 Å². The number of ether oxygens (including phenoxy) is 1. The number of halogens is 1. The van der Waals surface area contributed by atoms with Crippen molar-refractivity contribution in [2.75, 3.05) is 22.5 Å². The van der Waals surface area contributed by atoms with Crippen molar-refractivity contribution in [2.24, 2.45) is 0 Å². The SMILES string of the molecule is CCOC(=O)c1cc(NC(=O)[C@H](C)N(c2ccc(C)cc2)S(C)(=O)=O)ccc1Cl. The lowest BCUT2D eigenvalue weighted by molar-refractivity contribution is -0.116. The second-order valence-electron chi connectivity index (χ2n) is 6.47. The van der Waals surface area contributed by atoms with E-state index in [4.69, 9.17) is 16.3 Å². The topological polar surface area (TPSA) is 92.8 Å². The predicted molar refractivity (Wildman–Crippen MR) is 114 cm³/mol. The van der Waals surface area contributed by atoms with E-state index in [1.807, 2.05) is 6.92 Å². The molecule has 2 aromatic carbocycles. The molecule has 0 fully saturated rings. The van der Waals surface area contributed by atoms with Crippen LogP contribution in [0.3, 0.4) is 0 Å². The molecular weight excluding hydrogens is 416 g/mol. The molecule has 7 nitrogen and oxygen atoms in total. The van der Waals surface area contributed by atoms with Crippen LogP contribution in [0.25, 0.3) is 0 Å². The summed E-state index contributed by atoms with van der Waals surface area (Å²) in [6.07, 6.45) is 1.04. The van der Waals surface area contributed by atoms with Crippen LogP contribution < -0.4 is 9.62 Å². The molecule has 0 aliphatic rings. The third-order valence-corrected chi connectivity index (χ3v) is 5.68. The van der Waals surface area contributed by atoms with Gasteiger partial charge in [-0.05, 0) is 51.1 Å². The number of carbonyl (C=O) groups excluding carboxylic acids is 2. The van der Waals surface area contributed by atoms with Gasteiger partial charge < -0.3 is 10.1 Å². The van der Waals surface area contributed by atoms with Gasteiger partial charge >= 0.3 is 5.97 Å². The number of hydrogen-bond acceptors (Lipinski definition) is 5. The number of hydrogen-bond donors (Lipinski definition) is 1. The number of sulfonamides is 1. The first-order valence-corrected chi connectivity index (χ1v) is 11.1. The summed E-state index contributed by atoms with van der Waals surface area (Å²) >= 11 is 6.03. The molecule has 29 heavy (non-hydrogen) atoms. The fraction of sp³-hybridized carbons (Fsp3) is 0.300. The molecule has 1 amide bonds. The van der Waals surface area contributed by atoms with E-state index in [0.29, 0.717) is 11.4 Å². The van der Waals surface area contributed by atoms with Crippen molar-refractivity contribution in [3.63, 3.8) is 0 Å². The van der Waals surface area contributed by atoms with Gasteiger partial charge in [-0.2, -0.15) is 0 Å². The van der Waals surface area contributed by atoms with Gasteiger partial charge in [-0.3, -0.25) is 9.10 Å². The summed E-state index contributed by atoms with van der Waals surface area (Å²) in [7, 11) is -3.73. The highest BCUT2D eigenvalue weighted by molar-refractivity contribution is 7.92. The van der Waals surface area contributed by atoms with Crippen LogP contribution in [0.15, 0.2) is 42.5 Å². The Morgan fingerprint density at radius 2 is 1.79 bits per heavy atom. The first kappa shape index (κ1) is 22.7. The third kappa shape index (κ3) is 5.71. The molecule has 0 aromatic heterocycles. The van der Waals surface area contributed by atoms with E-state index in [2.05, 4.69) is 5.32 Å². The zero-order valence-electron chi connectivity index (χ0n) is 16.6. The highest BCUT2D eigenvalue weighted by Crippen LogP contribution is 2.24. The van der Waals surface area contributed by atoms with Crippen LogP contribution in [-0.4, -0.2) is 39.2 Å². The highest BCUT2D eigenvalue weighted by Gasteiger charge is 2.29. The summed E-state index contributed by atoms with van der Waals surface area (Å²) in [5.74, 6) is -1.17. The monoisotopic (exact) mass is 438 g/mol. The maximum absolute atomic E-state index is 12.8. The highest BCUT2D eigenvalue weighted by atomic mass is 35.5. The summed E-state index contributed by atoms with van der Waals surface area (Å²) < 4.78 is 30.7. The minimum atomic E-state index is -3.73. The zero-order valence-corrected chi connectivity index (χ0v) is 18.2. The number of esters is 1. The van der Waals surface area contributed by atoms with Crippen LogP contribution in [0, 0.1) is 6.92 Å². The van der Waals surface area contributed by atoms with Crippen molar-refractivity contribution in [2.45, 2.75) is 26.8 Å². The number of nitrogens with one attached hydrogen (secondary N) is 1. The fourth-order valence-corrected chi connectivity index (χ4v) is 4.09. The van der Waals surface area contributed by atoms with E-state index in [9.17, 15) is 18.0 Å². The molecule has 1 N–H and O–H groups in total. The van der Waals surface area contributed by atoms with Gasteiger partial charge in [-0.25, -0.2) is 13.2 Å². The second-order valence-corrected chi connectivity index (χ2v) is 8.74. The average Bonchev–Trinajstić information content (AvgIpc) is 2.64. The summed E-state index contributed by atoms with van der Waals surface area (Å²) in [6.45, 7) is 5.22. The fourth-order valence-electron chi connectivity index (χ4n) is 2.72. The van der Waals surface area contributed by atoms with E-state index in [-0.39, 0.29) is 17.2 Å². The number of anilines is 2. The van der Waals surface area contributed by atoms with Gasteiger partial charge in [0.25, 0.3) is 0 Å². The minimum absolute atomic E-state index is 0.109. The van der Waals surface area contributed by atoms with Crippen LogP contribution in [-0.2, 0) is 19.6 Å². The second kappa shape index (κ2) is 9.28. The van der Waals surface area contributed by atoms with Crippen LogP contribution >= 0.6 is 11.6 Å². The molecule has 0 saturated carbocycles. The minimum Gasteiger partial charge on any atom is -0.462 e. The standard InChI is InChI=1S/C20H23ClN2O5S/c1-5-28-20(25)17-12-15(8-11-18(17)21)22-19(24)14(3)23(29(4,26)27)16-9-6-13(2)7-10-16/h6-12,14H,5H2,1-4H3,(H,22,24)/t14-/m0/s1. The molecule has 0 aliphatic carbocycles. The van der Waals surface area contributed by atoms with Gasteiger partial charge in [0.15, 0.2) is 0 Å².